The number of ether oxygens (including phenoxy) is 1. The molecule has 0 bridgehead atoms. The van der Waals surface area contributed by atoms with Crippen molar-refractivity contribution >= 4 is 12.0 Å². The van der Waals surface area contributed by atoms with Gasteiger partial charge in [0.2, 0.25) is 0 Å². The molecule has 3 N–H and O–H groups in total. The van der Waals surface area contributed by atoms with Crippen LogP contribution < -0.4 is 10.6 Å². The number of nitrogens with zero attached hydrogens (tertiary/aromatic N) is 1. The number of benzene rings is 1. The fourth-order valence-corrected chi connectivity index (χ4v) is 1.82. The number of nitrogens with one attached hydrogen (secondary N) is 2. The molecule has 1 rings (SSSR count). The summed E-state index contributed by atoms with van der Waals surface area (Å²) < 4.78 is 5.24. The molecule has 1 atom stereocenters. The number of carbonyl (C=O) groups excluding carboxylic acids is 2. The smallest absolute Gasteiger partial charge is 0.442 e. The number of hydrogen-bond donors (Lipinski definition) is 3. The van der Waals surface area contributed by atoms with E-state index in [1.54, 1.807) is 31.2 Å². The van der Waals surface area contributed by atoms with Crippen molar-refractivity contribution < 1.29 is 29.5 Å². The van der Waals surface area contributed by atoms with Crippen molar-refractivity contribution in [2.45, 2.75) is 32.9 Å². The Bertz CT molecular complexity index is 590. The summed E-state index contributed by atoms with van der Waals surface area (Å²) in [6, 6.07) is 6.60. The molecule has 132 valence electrons. The summed E-state index contributed by atoms with van der Waals surface area (Å²) in [6.07, 6.45) is -1.06. The van der Waals surface area contributed by atoms with E-state index in [4.69, 9.17) is 9.94 Å². The highest BCUT2D eigenvalue weighted by Gasteiger charge is 2.14. The molecule has 24 heavy (non-hydrogen) atoms. The van der Waals surface area contributed by atoms with E-state index in [1.165, 1.54) is 0 Å². The zero-order valence-corrected chi connectivity index (χ0v) is 13.8. The van der Waals surface area contributed by atoms with E-state index in [0.29, 0.717) is 11.1 Å². The second-order valence-corrected chi connectivity index (χ2v) is 5.30. The Morgan fingerprint density at radius 2 is 2.00 bits per heavy atom. The second-order valence-electron chi connectivity index (χ2n) is 5.30. The Morgan fingerprint density at radius 3 is 2.62 bits per heavy atom. The van der Waals surface area contributed by atoms with E-state index in [2.05, 4.69) is 15.5 Å². The Hall–Kier alpha value is -2.84. The number of rotatable bonds is 8. The van der Waals surface area contributed by atoms with Crippen molar-refractivity contribution in [2.24, 2.45) is 0 Å². The van der Waals surface area contributed by atoms with Crippen LogP contribution in [0.1, 0.15) is 42.8 Å². The van der Waals surface area contributed by atoms with Crippen molar-refractivity contribution in [1.82, 2.24) is 10.6 Å². The van der Waals surface area contributed by atoms with E-state index in [-0.39, 0.29) is 25.1 Å². The molecule has 0 aliphatic rings. The maximum atomic E-state index is 12.0. The molecule has 0 aliphatic heterocycles. The van der Waals surface area contributed by atoms with Gasteiger partial charge in [0, 0.05) is 11.6 Å². The average molecular weight is 340 g/mol. The highest BCUT2D eigenvalue weighted by atomic mass is 16.9. The van der Waals surface area contributed by atoms with Gasteiger partial charge in [-0.05, 0) is 38.5 Å². The topological polar surface area (TPSA) is 117 Å². The predicted molar refractivity (Wildman–Crippen MR) is 83.3 cm³/mol. The third-order valence-electron chi connectivity index (χ3n) is 2.90. The fraction of sp³-hybridized carbons (Fsp3) is 0.467. The van der Waals surface area contributed by atoms with Crippen LogP contribution >= 0.6 is 0 Å². The Kier molecular flexibility index (Phi) is 7.47. The van der Waals surface area contributed by atoms with Crippen LogP contribution in [0.5, 0.6) is 0 Å². The van der Waals surface area contributed by atoms with Gasteiger partial charge in [-0.1, -0.05) is 12.1 Å². The lowest BCUT2D eigenvalue weighted by atomic mass is 10.1. The van der Waals surface area contributed by atoms with Gasteiger partial charge in [-0.2, -0.15) is 4.84 Å². The first-order chi connectivity index (χ1) is 11.3. The summed E-state index contributed by atoms with van der Waals surface area (Å²) in [7, 11) is 0. The summed E-state index contributed by atoms with van der Waals surface area (Å²) in [5, 5.41) is 12.7. The minimum atomic E-state index is -0.673. The molecule has 1 aromatic rings. The summed E-state index contributed by atoms with van der Waals surface area (Å²) >= 11 is 0. The summed E-state index contributed by atoms with van der Waals surface area (Å²) in [4.78, 5) is 37.9. The predicted octanol–water partition coefficient (Wildman–Crippen LogP) is 1.71. The number of alkyl carbamates (subject to hydrolysis) is 1. The summed E-state index contributed by atoms with van der Waals surface area (Å²) in [5.41, 5.74) is 1.04. The molecule has 0 saturated carbocycles. The lowest BCUT2D eigenvalue weighted by Crippen LogP contribution is -2.31. The van der Waals surface area contributed by atoms with Gasteiger partial charge in [0.15, 0.2) is 6.61 Å². The van der Waals surface area contributed by atoms with Crippen molar-refractivity contribution in [2.75, 3.05) is 13.2 Å². The van der Waals surface area contributed by atoms with E-state index >= 15 is 0 Å². The molecule has 2 amide bonds. The molecule has 0 fully saturated rings. The first-order valence-corrected chi connectivity index (χ1v) is 7.44. The maximum Gasteiger partial charge on any atom is 0.475 e. The van der Waals surface area contributed by atoms with Crippen LogP contribution in [0.15, 0.2) is 24.3 Å². The minimum Gasteiger partial charge on any atom is -0.442 e. The maximum absolute atomic E-state index is 12.0. The zero-order valence-electron chi connectivity index (χ0n) is 13.8. The first kappa shape index (κ1) is 19.2. The van der Waals surface area contributed by atoms with Crippen molar-refractivity contribution in [1.29, 1.82) is 0 Å². The Labute approximate surface area is 139 Å². The van der Waals surface area contributed by atoms with Crippen molar-refractivity contribution in [3.05, 3.63) is 40.3 Å². The van der Waals surface area contributed by atoms with Gasteiger partial charge in [0.25, 0.3) is 5.91 Å². The second kappa shape index (κ2) is 9.33. The van der Waals surface area contributed by atoms with Crippen LogP contribution in [0.25, 0.3) is 0 Å². The molecular weight excluding hydrogens is 318 g/mol. The van der Waals surface area contributed by atoms with Gasteiger partial charge in [0.1, 0.15) is 11.0 Å². The molecule has 0 heterocycles. The molecule has 0 radical (unpaired) electrons. The average Bonchev–Trinajstić information content (AvgIpc) is 2.50. The standard InChI is InChI=1S/C15H21N3O6/c1-10(2)17-15(20)24-11(3)12-5-4-6-13(9-12)14(19)16-7-8-23-18(21)22/h4-6,9-11H,7-8H2,1-3H3,(H2-,16,17,19,20,21,22)/p+1. The molecule has 0 saturated heterocycles. The Balaban J connectivity index is 2.60. The fourth-order valence-electron chi connectivity index (χ4n) is 1.82. The molecule has 9 heteroatoms. The van der Waals surface area contributed by atoms with E-state index in [0.717, 1.165) is 0 Å². The number of amides is 2. The van der Waals surface area contributed by atoms with E-state index in [9.17, 15) is 14.5 Å². The Morgan fingerprint density at radius 1 is 1.29 bits per heavy atom. The van der Waals surface area contributed by atoms with E-state index in [1.807, 2.05) is 13.8 Å². The number of carbonyl (C=O) groups is 2. The zero-order chi connectivity index (χ0) is 18.1. The van der Waals surface area contributed by atoms with Crippen LogP contribution in [-0.2, 0) is 9.57 Å². The third-order valence-corrected chi connectivity index (χ3v) is 2.90. The largest absolute Gasteiger partial charge is 0.475 e. The summed E-state index contributed by atoms with van der Waals surface area (Å²) in [6.45, 7) is 5.23. The third kappa shape index (κ3) is 6.95. The van der Waals surface area contributed by atoms with Gasteiger partial charge in [-0.3, -0.25) is 4.79 Å². The monoisotopic (exact) mass is 340 g/mol. The minimum absolute atomic E-state index is 0.0343. The van der Waals surface area contributed by atoms with E-state index < -0.39 is 17.3 Å². The molecular formula is C15H22N3O6+. The van der Waals surface area contributed by atoms with Gasteiger partial charge in [0.05, 0.1) is 6.54 Å². The van der Waals surface area contributed by atoms with Crippen LogP contribution in [0, 0.1) is 4.91 Å². The summed E-state index contributed by atoms with van der Waals surface area (Å²) in [5.74, 6) is -0.380. The molecule has 1 unspecified atom stereocenters. The SMILES string of the molecule is CC(C)NC(=O)OC(C)c1cccc(C(=O)NCCO[N+](=O)O)c1. The van der Waals surface area contributed by atoms with Crippen LogP contribution in [-0.4, -0.2) is 41.5 Å². The normalized spacial score (nSPS) is 11.5. The molecule has 0 aromatic heterocycles. The number of hydrogen-bond acceptors (Lipinski definition) is 5. The van der Waals surface area contributed by atoms with Gasteiger partial charge >= 0.3 is 11.2 Å². The van der Waals surface area contributed by atoms with Crippen LogP contribution in [0.3, 0.4) is 0 Å². The molecule has 9 nitrogen and oxygen atoms in total. The first-order valence-electron chi connectivity index (χ1n) is 7.44. The van der Waals surface area contributed by atoms with Crippen LogP contribution in [0.4, 0.5) is 4.79 Å². The molecule has 0 spiro atoms. The molecule has 1 aromatic carbocycles. The quantitative estimate of drug-likeness (QED) is 0.490. The van der Waals surface area contributed by atoms with Gasteiger partial charge < -0.3 is 15.4 Å². The lowest BCUT2D eigenvalue weighted by Gasteiger charge is -2.16. The van der Waals surface area contributed by atoms with Crippen LogP contribution in [0.2, 0.25) is 0 Å². The van der Waals surface area contributed by atoms with Crippen molar-refractivity contribution in [3.8, 4) is 0 Å². The van der Waals surface area contributed by atoms with Gasteiger partial charge in [-0.15, -0.1) is 0 Å². The highest BCUT2D eigenvalue weighted by Crippen LogP contribution is 2.18. The highest BCUT2D eigenvalue weighted by molar-refractivity contribution is 5.94. The van der Waals surface area contributed by atoms with Crippen molar-refractivity contribution in [3.63, 3.8) is 0 Å². The molecule has 0 aliphatic carbocycles. The van der Waals surface area contributed by atoms with Gasteiger partial charge in [-0.25, -0.2) is 10.0 Å². The lowest BCUT2D eigenvalue weighted by molar-refractivity contribution is -0.975.